The van der Waals surface area contributed by atoms with Gasteiger partial charge in [0.1, 0.15) is 19.0 Å². The van der Waals surface area contributed by atoms with Crippen LogP contribution in [0.3, 0.4) is 0 Å². The van der Waals surface area contributed by atoms with Crippen LogP contribution in [0.2, 0.25) is 5.15 Å². The number of benzene rings is 3. The van der Waals surface area contributed by atoms with E-state index in [4.69, 9.17) is 42.1 Å². The quantitative estimate of drug-likeness (QED) is 0.0149. The van der Waals surface area contributed by atoms with Crippen LogP contribution in [0.15, 0.2) is 77.9 Å². The molecule has 19 heteroatoms. The molecule has 0 amide bonds. The van der Waals surface area contributed by atoms with Crippen LogP contribution in [-0.4, -0.2) is 70.4 Å². The minimum atomic E-state index is -1.11. The molecule has 0 bridgehead atoms. The number of nitrogens with zero attached hydrogens (tertiary/aromatic N) is 5. The fourth-order valence-corrected chi connectivity index (χ4v) is 5.44. The molecule has 58 heavy (non-hydrogen) atoms. The van der Waals surface area contributed by atoms with Crippen LogP contribution in [-0.2, 0) is 59.5 Å². The molecule has 0 aliphatic carbocycles. The molecule has 2 atom stereocenters. The second-order valence-corrected chi connectivity index (χ2v) is 12.7. The Morgan fingerprint density at radius 2 is 1.69 bits per heavy atom. The Hall–Kier alpha value is -6.24. The predicted molar refractivity (Wildman–Crippen MR) is 212 cm³/mol. The van der Waals surface area contributed by atoms with Gasteiger partial charge in [0.15, 0.2) is 16.7 Å². The number of hydrazone groups is 1. The van der Waals surface area contributed by atoms with Gasteiger partial charge >= 0.3 is 12.1 Å². The van der Waals surface area contributed by atoms with Crippen molar-refractivity contribution in [2.45, 2.75) is 79.2 Å². The van der Waals surface area contributed by atoms with Gasteiger partial charge in [-0.15, -0.1) is 15.2 Å². The smallest absolute Gasteiger partial charge is 0.429 e. The Morgan fingerprint density at radius 3 is 2.33 bits per heavy atom. The van der Waals surface area contributed by atoms with Crippen molar-refractivity contribution in [3.05, 3.63) is 122 Å². The number of ether oxygens (including phenoxy) is 5. The van der Waals surface area contributed by atoms with Gasteiger partial charge in [-0.25, -0.2) is 20.4 Å². The average molecular weight is 826 g/mol. The third-order valence-corrected chi connectivity index (χ3v) is 8.38. The van der Waals surface area contributed by atoms with E-state index < -0.39 is 29.7 Å². The lowest BCUT2D eigenvalue weighted by Crippen LogP contribution is -2.40. The normalized spacial score (nSPS) is 11.9. The summed E-state index contributed by atoms with van der Waals surface area (Å²) in [5.41, 5.74) is 10.4. The summed E-state index contributed by atoms with van der Waals surface area (Å²) in [4.78, 5) is 55.4. The Bertz CT molecular complexity index is 1990. The van der Waals surface area contributed by atoms with Crippen molar-refractivity contribution in [2.24, 2.45) is 16.7 Å². The minimum Gasteiger partial charge on any atom is -0.429 e. The topological polar surface area (TPSA) is 235 Å². The van der Waals surface area contributed by atoms with Crippen LogP contribution >= 0.6 is 11.6 Å². The number of aromatic nitrogens is 2. The first-order valence-corrected chi connectivity index (χ1v) is 18.5. The fourth-order valence-electron chi connectivity index (χ4n) is 5.17. The Morgan fingerprint density at radius 1 is 1.02 bits per heavy atom. The second kappa shape index (κ2) is 23.7. The highest BCUT2D eigenvalue weighted by atomic mass is 35.5. The van der Waals surface area contributed by atoms with Crippen LogP contribution in [0.4, 0.5) is 4.79 Å². The number of halogens is 1. The molecule has 3 aromatic carbocycles. The Labute approximate surface area is 340 Å². The van der Waals surface area contributed by atoms with Gasteiger partial charge in [-0.2, -0.15) is 5.12 Å². The fraction of sp³-hybridized carbons (Fsp3) is 0.359. The van der Waals surface area contributed by atoms with Crippen molar-refractivity contribution in [2.75, 3.05) is 13.7 Å². The van der Waals surface area contributed by atoms with E-state index in [-0.39, 0.29) is 42.9 Å². The standard InChI is InChI=1S/C36H40ClN7O10.C3H8O/c1-4-5-13-31-40-33(37)32(35(46)54-24(3)51-22-45)42(31)19-25-14-16-28(17-15-25)29-11-6-7-12-30(29)34(38)41-43(39)23(2)53-36(47)50-20-26-9-8-10-27(18-26)21-52-44(48)49;1-3-4-2/h6-12,14-18,22-24H,4-5,13,19-21,39H2,1-3H3,(H2,38,41);3H2,1-2H3. The van der Waals surface area contributed by atoms with Crippen LogP contribution in [0.25, 0.3) is 11.1 Å². The molecule has 0 saturated heterocycles. The molecule has 0 aliphatic heterocycles. The van der Waals surface area contributed by atoms with E-state index in [9.17, 15) is 24.5 Å². The molecule has 0 fully saturated rings. The van der Waals surface area contributed by atoms with Crippen molar-refractivity contribution < 1.29 is 48.0 Å². The van der Waals surface area contributed by atoms with Gasteiger partial charge in [0.25, 0.3) is 11.6 Å². The molecule has 1 aromatic heterocycles. The number of esters is 1. The third-order valence-electron chi connectivity index (χ3n) is 8.12. The molecule has 0 spiro atoms. The first kappa shape index (κ1) is 46.1. The van der Waals surface area contributed by atoms with Gasteiger partial charge in [0.05, 0.1) is 0 Å². The van der Waals surface area contributed by atoms with E-state index in [1.165, 1.54) is 13.8 Å². The number of carbonyl (C=O) groups excluding carboxylic acids is 3. The van der Waals surface area contributed by atoms with E-state index in [1.54, 1.807) is 48.1 Å². The highest BCUT2D eigenvalue weighted by molar-refractivity contribution is 6.32. The van der Waals surface area contributed by atoms with Crippen molar-refractivity contribution >= 4 is 36.0 Å². The number of unbranched alkanes of at least 4 members (excludes halogenated alkanes) is 1. The number of carbonyl (C=O) groups is 3. The van der Waals surface area contributed by atoms with E-state index >= 15 is 0 Å². The summed E-state index contributed by atoms with van der Waals surface area (Å²) >= 11 is 6.41. The number of nitrogens with two attached hydrogens (primary N) is 2. The number of hydrogen-bond donors (Lipinski definition) is 2. The van der Waals surface area contributed by atoms with Gasteiger partial charge in [0.2, 0.25) is 12.5 Å². The maximum absolute atomic E-state index is 13.0. The van der Waals surface area contributed by atoms with Gasteiger partial charge in [-0.1, -0.05) is 97.7 Å². The zero-order valence-electron chi connectivity index (χ0n) is 32.9. The maximum Gasteiger partial charge on any atom is 0.510 e. The molecule has 312 valence electrons. The molecular weight excluding hydrogens is 778 g/mol. The molecular formula is C39H48ClN7O11. The van der Waals surface area contributed by atoms with E-state index in [0.717, 1.165) is 41.3 Å². The van der Waals surface area contributed by atoms with Crippen LogP contribution in [0, 0.1) is 10.1 Å². The van der Waals surface area contributed by atoms with E-state index in [2.05, 4.69) is 19.7 Å². The molecule has 1 heterocycles. The van der Waals surface area contributed by atoms with Crippen molar-refractivity contribution in [3.8, 4) is 11.1 Å². The summed E-state index contributed by atoms with van der Waals surface area (Å²) in [6, 6.07) is 21.3. The van der Waals surface area contributed by atoms with Crippen molar-refractivity contribution in [1.82, 2.24) is 14.7 Å². The number of methoxy groups -OCH3 is 1. The van der Waals surface area contributed by atoms with Gasteiger partial charge < -0.3 is 38.8 Å². The van der Waals surface area contributed by atoms with E-state index in [0.29, 0.717) is 28.9 Å². The molecule has 0 saturated carbocycles. The number of amidine groups is 1. The number of hydrazine groups is 1. The predicted octanol–water partition coefficient (Wildman–Crippen LogP) is 6.13. The average Bonchev–Trinajstić information content (AvgIpc) is 3.52. The van der Waals surface area contributed by atoms with Crippen LogP contribution in [0.5, 0.6) is 0 Å². The van der Waals surface area contributed by atoms with Crippen LogP contribution in [0.1, 0.15) is 79.1 Å². The first-order chi connectivity index (χ1) is 27.8. The SMILES string of the molecule is CCCCc1nc(Cl)c(C(=O)OC(C)OC=O)n1Cc1ccc(-c2ccccc2/C(N)=N/N(N)C(C)OC(=O)OCc2cccc(CO[N+](=O)[O-])c2)cc1.CCOC. The highest BCUT2D eigenvalue weighted by Crippen LogP contribution is 2.27. The second-order valence-electron chi connectivity index (χ2n) is 12.3. The monoisotopic (exact) mass is 825 g/mol. The molecule has 18 nitrogen and oxygen atoms in total. The number of imidazole rings is 1. The summed E-state index contributed by atoms with van der Waals surface area (Å²) in [5, 5.41) is 14.7. The molecule has 2 unspecified atom stereocenters. The Kier molecular flexibility index (Phi) is 18.9. The summed E-state index contributed by atoms with van der Waals surface area (Å²) < 4.78 is 26.6. The lowest BCUT2D eigenvalue weighted by molar-refractivity contribution is -0.763. The number of aryl methyl sites for hydroxylation is 1. The van der Waals surface area contributed by atoms with Gasteiger partial charge in [-0.3, -0.25) is 4.79 Å². The highest BCUT2D eigenvalue weighted by Gasteiger charge is 2.25. The van der Waals surface area contributed by atoms with E-state index in [1.807, 2.05) is 50.2 Å². The summed E-state index contributed by atoms with van der Waals surface area (Å²) in [5.74, 6) is 5.96. The molecule has 0 aliphatic rings. The molecule has 4 N–H and O–H groups in total. The third kappa shape index (κ3) is 14.4. The largest absolute Gasteiger partial charge is 0.510 e. The molecule has 4 rings (SSSR count). The van der Waals surface area contributed by atoms with Crippen molar-refractivity contribution in [3.63, 3.8) is 0 Å². The number of hydrogen-bond acceptors (Lipinski definition) is 15. The first-order valence-electron chi connectivity index (χ1n) is 18.1. The van der Waals surface area contributed by atoms with Crippen molar-refractivity contribution in [1.29, 1.82) is 0 Å². The summed E-state index contributed by atoms with van der Waals surface area (Å²) in [6.45, 7) is 7.74. The van der Waals surface area contributed by atoms with Gasteiger partial charge in [-0.05, 0) is 48.1 Å². The van der Waals surface area contributed by atoms with Crippen LogP contribution < -0.4 is 11.6 Å². The number of rotatable bonds is 20. The minimum absolute atomic E-state index is 0.0131. The molecule has 4 aromatic rings. The summed E-state index contributed by atoms with van der Waals surface area (Å²) in [6.07, 6.45) is -0.917. The zero-order valence-corrected chi connectivity index (χ0v) is 33.6. The lowest BCUT2D eigenvalue weighted by Gasteiger charge is -2.21. The molecule has 0 radical (unpaired) electrons. The Balaban J connectivity index is 0.00000215. The zero-order chi connectivity index (χ0) is 42.6. The lowest BCUT2D eigenvalue weighted by atomic mass is 9.98. The summed E-state index contributed by atoms with van der Waals surface area (Å²) in [7, 11) is 1.68. The van der Waals surface area contributed by atoms with Gasteiger partial charge in [0, 0.05) is 39.2 Å². The maximum atomic E-state index is 13.0.